The van der Waals surface area contributed by atoms with Crippen molar-refractivity contribution >= 4 is 17.6 Å². The van der Waals surface area contributed by atoms with E-state index in [0.717, 1.165) is 18.7 Å². The SMILES string of the molecule is COc1ccc([C@@H](C=S)N2CCOCC2)c(O)c1. The van der Waals surface area contributed by atoms with Gasteiger partial charge in [-0.1, -0.05) is 12.2 Å². The van der Waals surface area contributed by atoms with Crippen molar-refractivity contribution < 1.29 is 14.6 Å². The molecule has 1 fully saturated rings. The van der Waals surface area contributed by atoms with Crippen molar-refractivity contribution in [2.75, 3.05) is 33.4 Å². The molecule has 98 valence electrons. The smallest absolute Gasteiger partial charge is 0.124 e. The standard InChI is InChI=1S/C13H17NO3S/c1-16-10-2-3-11(13(15)8-10)12(9-18)14-4-6-17-7-5-14/h2-3,8-9,12,15H,4-7H2,1H3/t12-/m1/s1. The van der Waals surface area contributed by atoms with Crippen LogP contribution in [0.15, 0.2) is 18.2 Å². The maximum absolute atomic E-state index is 10.1. The molecule has 1 saturated heterocycles. The number of morpholine rings is 1. The number of aromatic hydroxyl groups is 1. The summed E-state index contributed by atoms with van der Waals surface area (Å²) in [5.41, 5.74) is 0.813. The highest BCUT2D eigenvalue weighted by Crippen LogP contribution is 2.31. The molecule has 1 aliphatic heterocycles. The van der Waals surface area contributed by atoms with Gasteiger partial charge in [0.2, 0.25) is 0 Å². The molecule has 0 amide bonds. The zero-order chi connectivity index (χ0) is 13.0. The van der Waals surface area contributed by atoms with Gasteiger partial charge in [-0.15, -0.1) is 0 Å². The molecule has 2 rings (SSSR count). The van der Waals surface area contributed by atoms with Crippen LogP contribution >= 0.6 is 12.2 Å². The zero-order valence-corrected chi connectivity index (χ0v) is 11.2. The number of thiocarbonyl (C=S) groups is 1. The van der Waals surface area contributed by atoms with Gasteiger partial charge in [-0.2, -0.15) is 0 Å². The number of hydrogen-bond donors (Lipinski definition) is 1. The van der Waals surface area contributed by atoms with Crippen LogP contribution in [-0.2, 0) is 4.74 Å². The van der Waals surface area contributed by atoms with E-state index in [9.17, 15) is 5.11 Å². The van der Waals surface area contributed by atoms with Gasteiger partial charge in [0.15, 0.2) is 0 Å². The van der Waals surface area contributed by atoms with Crippen LogP contribution in [0.2, 0.25) is 0 Å². The predicted molar refractivity (Wildman–Crippen MR) is 73.4 cm³/mol. The van der Waals surface area contributed by atoms with E-state index >= 15 is 0 Å². The zero-order valence-electron chi connectivity index (χ0n) is 10.3. The average Bonchev–Trinajstić information content (AvgIpc) is 2.42. The van der Waals surface area contributed by atoms with Crippen molar-refractivity contribution in [1.29, 1.82) is 0 Å². The highest BCUT2D eigenvalue weighted by molar-refractivity contribution is 7.79. The lowest BCUT2D eigenvalue weighted by Gasteiger charge is -2.32. The van der Waals surface area contributed by atoms with Gasteiger partial charge in [-0.25, -0.2) is 0 Å². The Hall–Kier alpha value is -1.17. The van der Waals surface area contributed by atoms with E-state index in [1.807, 2.05) is 12.1 Å². The molecule has 1 aliphatic rings. The molecule has 1 aromatic rings. The lowest BCUT2D eigenvalue weighted by atomic mass is 10.0. The quantitative estimate of drug-likeness (QED) is 0.842. The van der Waals surface area contributed by atoms with Gasteiger partial charge < -0.3 is 14.6 Å². The molecule has 0 saturated carbocycles. The fourth-order valence-corrected chi connectivity index (χ4v) is 2.43. The number of phenols is 1. The summed E-state index contributed by atoms with van der Waals surface area (Å²) in [5, 5.41) is 11.7. The van der Waals surface area contributed by atoms with E-state index in [4.69, 9.17) is 21.7 Å². The number of methoxy groups -OCH3 is 1. The molecule has 18 heavy (non-hydrogen) atoms. The summed E-state index contributed by atoms with van der Waals surface area (Å²) in [7, 11) is 1.58. The molecule has 1 atom stereocenters. The number of benzene rings is 1. The molecular weight excluding hydrogens is 250 g/mol. The number of phenolic OH excluding ortho intramolecular Hbond substituents is 1. The topological polar surface area (TPSA) is 41.9 Å². The minimum absolute atomic E-state index is 0.0604. The minimum atomic E-state index is -0.0604. The monoisotopic (exact) mass is 267 g/mol. The normalized spacial score (nSPS) is 18.3. The van der Waals surface area contributed by atoms with Crippen LogP contribution in [0.25, 0.3) is 0 Å². The van der Waals surface area contributed by atoms with Crippen LogP contribution in [-0.4, -0.2) is 48.8 Å². The predicted octanol–water partition coefficient (Wildman–Crippen LogP) is 1.77. The second-order valence-electron chi connectivity index (χ2n) is 4.15. The largest absolute Gasteiger partial charge is 0.507 e. The van der Waals surface area contributed by atoms with Crippen LogP contribution in [0, 0.1) is 0 Å². The highest BCUT2D eigenvalue weighted by Gasteiger charge is 2.23. The number of ether oxygens (including phenoxy) is 2. The first kappa shape index (κ1) is 13.3. The van der Waals surface area contributed by atoms with Gasteiger partial charge in [0.25, 0.3) is 0 Å². The van der Waals surface area contributed by atoms with Gasteiger partial charge in [0.1, 0.15) is 11.5 Å². The summed E-state index contributed by atoms with van der Waals surface area (Å²) < 4.78 is 10.4. The van der Waals surface area contributed by atoms with Crippen molar-refractivity contribution in [3.05, 3.63) is 23.8 Å². The first-order chi connectivity index (χ1) is 8.76. The molecule has 1 heterocycles. The van der Waals surface area contributed by atoms with Crippen molar-refractivity contribution in [3.8, 4) is 11.5 Å². The van der Waals surface area contributed by atoms with Crippen molar-refractivity contribution in [3.63, 3.8) is 0 Å². The van der Waals surface area contributed by atoms with Crippen LogP contribution in [0.1, 0.15) is 11.6 Å². The number of nitrogens with zero attached hydrogens (tertiary/aromatic N) is 1. The maximum atomic E-state index is 10.1. The van der Waals surface area contributed by atoms with Crippen LogP contribution in [0.5, 0.6) is 11.5 Å². The molecule has 5 heteroatoms. The molecule has 0 bridgehead atoms. The van der Waals surface area contributed by atoms with E-state index in [1.165, 1.54) is 0 Å². The lowest BCUT2D eigenvalue weighted by molar-refractivity contribution is 0.0294. The van der Waals surface area contributed by atoms with E-state index < -0.39 is 0 Å². The summed E-state index contributed by atoms with van der Waals surface area (Å²) in [5.74, 6) is 0.855. The Morgan fingerprint density at radius 2 is 2.17 bits per heavy atom. The van der Waals surface area contributed by atoms with Gasteiger partial charge in [0, 0.05) is 30.1 Å². The molecule has 0 aliphatic carbocycles. The molecule has 0 aromatic heterocycles. The van der Waals surface area contributed by atoms with E-state index in [1.54, 1.807) is 18.5 Å². The van der Waals surface area contributed by atoms with Crippen molar-refractivity contribution in [1.82, 2.24) is 4.90 Å². The summed E-state index contributed by atoms with van der Waals surface area (Å²) in [6.45, 7) is 3.06. The Morgan fingerprint density at radius 1 is 1.44 bits per heavy atom. The second-order valence-corrected chi connectivity index (χ2v) is 4.43. The minimum Gasteiger partial charge on any atom is -0.507 e. The Balaban J connectivity index is 2.23. The summed E-state index contributed by atoms with van der Waals surface area (Å²) in [6, 6.07) is 5.25. The van der Waals surface area contributed by atoms with E-state index in [2.05, 4.69) is 4.90 Å². The molecule has 0 unspecified atom stereocenters. The Bertz CT molecular complexity index is 419. The molecule has 4 nitrogen and oxygen atoms in total. The molecule has 1 aromatic carbocycles. The molecule has 1 N–H and O–H groups in total. The van der Waals surface area contributed by atoms with E-state index in [-0.39, 0.29) is 11.8 Å². The average molecular weight is 267 g/mol. The summed E-state index contributed by atoms with van der Waals surface area (Å²) >= 11 is 5.11. The van der Waals surface area contributed by atoms with Crippen LogP contribution < -0.4 is 4.74 Å². The van der Waals surface area contributed by atoms with E-state index in [0.29, 0.717) is 19.0 Å². The Kier molecular flexibility index (Phi) is 4.52. The summed E-state index contributed by atoms with van der Waals surface area (Å²) in [4.78, 5) is 2.21. The Labute approximate surface area is 112 Å². The van der Waals surface area contributed by atoms with Crippen molar-refractivity contribution in [2.24, 2.45) is 0 Å². The van der Waals surface area contributed by atoms with Crippen LogP contribution in [0.3, 0.4) is 0 Å². The third-order valence-corrected chi connectivity index (χ3v) is 3.38. The molecule has 0 spiro atoms. The first-order valence-electron chi connectivity index (χ1n) is 5.90. The molecular formula is C13H17NO3S. The third kappa shape index (κ3) is 2.80. The van der Waals surface area contributed by atoms with Gasteiger partial charge in [-0.05, 0) is 12.1 Å². The van der Waals surface area contributed by atoms with Gasteiger partial charge in [0.05, 0.1) is 26.4 Å². The highest BCUT2D eigenvalue weighted by atomic mass is 32.1. The molecule has 0 radical (unpaired) electrons. The summed E-state index contributed by atoms with van der Waals surface area (Å²) in [6.07, 6.45) is 0. The Morgan fingerprint density at radius 3 is 2.72 bits per heavy atom. The maximum Gasteiger partial charge on any atom is 0.124 e. The lowest BCUT2D eigenvalue weighted by Crippen LogP contribution is -2.39. The van der Waals surface area contributed by atoms with Crippen LogP contribution in [0.4, 0.5) is 0 Å². The van der Waals surface area contributed by atoms with Gasteiger partial charge in [-0.3, -0.25) is 4.90 Å². The first-order valence-corrected chi connectivity index (χ1v) is 6.37. The van der Waals surface area contributed by atoms with Crippen molar-refractivity contribution in [2.45, 2.75) is 6.04 Å². The fourth-order valence-electron chi connectivity index (χ4n) is 2.11. The number of hydrogen-bond acceptors (Lipinski definition) is 5. The third-order valence-electron chi connectivity index (χ3n) is 3.12. The van der Waals surface area contributed by atoms with Gasteiger partial charge >= 0.3 is 0 Å². The number of rotatable bonds is 4. The fraction of sp³-hybridized carbons (Fsp3) is 0.462. The second kappa shape index (κ2) is 6.13.